The molecular weight excluding hydrogens is 212 g/mol. The van der Waals surface area contributed by atoms with Crippen LogP contribution in [0.5, 0.6) is 0 Å². The Bertz CT molecular complexity index is 686. The Kier molecular flexibility index (Phi) is 2.16. The summed E-state index contributed by atoms with van der Waals surface area (Å²) < 4.78 is 2.11. The first kappa shape index (κ1) is 9.67. The summed E-state index contributed by atoms with van der Waals surface area (Å²) in [5.41, 5.74) is 2.80. The van der Waals surface area contributed by atoms with E-state index >= 15 is 0 Å². The number of benzene rings is 1. The lowest BCUT2D eigenvalue weighted by molar-refractivity contribution is 0.814. The predicted octanol–water partition coefficient (Wildman–Crippen LogP) is 2.96. The number of nitrogens with one attached hydrogen (secondary N) is 1. The number of imidazole rings is 1. The topological polar surface area (TPSA) is 38.0 Å². The van der Waals surface area contributed by atoms with Gasteiger partial charge < -0.3 is 9.55 Å². The van der Waals surface area contributed by atoms with Crippen molar-refractivity contribution in [3.63, 3.8) is 0 Å². The molecule has 0 atom stereocenters. The molecule has 1 N–H and O–H groups in total. The number of H-pyrrole nitrogens is 1. The molecule has 3 rings (SSSR count). The first-order valence-electron chi connectivity index (χ1n) is 5.30. The third kappa shape index (κ3) is 1.68. The van der Waals surface area contributed by atoms with E-state index in [9.17, 15) is 0 Å². The van der Waals surface area contributed by atoms with E-state index in [1.54, 1.807) is 6.33 Å². The Morgan fingerprint density at radius 1 is 1.35 bits per heavy atom. The number of hydrogen-bond donors (Lipinski definition) is 1. The molecule has 0 spiro atoms. The van der Waals surface area contributed by atoms with Crippen molar-refractivity contribution in [2.75, 3.05) is 0 Å². The van der Waals surface area contributed by atoms with Crippen LogP contribution in [0.15, 0.2) is 43.0 Å². The van der Waals surface area contributed by atoms with E-state index in [0.717, 1.165) is 23.1 Å². The van der Waals surface area contributed by atoms with Crippen molar-refractivity contribution in [3.8, 4) is 0 Å². The summed E-state index contributed by atoms with van der Waals surface area (Å²) in [6, 6.07) is 7.79. The number of hydrogen-bond acceptors (Lipinski definition) is 1. The maximum atomic E-state index is 7.04. The maximum Gasteiger partial charge on any atom is 0.189 e. The fraction of sp³-hybridized carbons (Fsp3) is 0.0769. The van der Waals surface area contributed by atoms with Crippen LogP contribution in [0, 0.1) is 6.57 Å². The van der Waals surface area contributed by atoms with E-state index in [-0.39, 0.29) is 0 Å². The van der Waals surface area contributed by atoms with Gasteiger partial charge in [-0.05, 0) is 17.5 Å². The molecule has 0 unspecified atom stereocenters. The number of aromatic amines is 1. The van der Waals surface area contributed by atoms with Crippen LogP contribution in [0.1, 0.15) is 5.69 Å². The molecule has 82 valence electrons. The zero-order chi connectivity index (χ0) is 11.7. The van der Waals surface area contributed by atoms with E-state index in [4.69, 9.17) is 6.57 Å². The maximum absolute atomic E-state index is 7.04. The Hall–Kier alpha value is -2.54. The van der Waals surface area contributed by atoms with Gasteiger partial charge in [-0.15, -0.1) is 0 Å². The zero-order valence-electron chi connectivity index (χ0n) is 9.09. The Labute approximate surface area is 98.4 Å². The standard InChI is InChI=1S/C13H10N4/c1-14-11-3-2-10-4-5-17(13(10)6-11)8-12-7-15-9-16-12/h2-7,9H,8H2,(H,15,16). The molecule has 2 heterocycles. The highest BCUT2D eigenvalue weighted by molar-refractivity contribution is 5.83. The van der Waals surface area contributed by atoms with Crippen LogP contribution in [0.2, 0.25) is 0 Å². The Balaban J connectivity index is 2.08. The van der Waals surface area contributed by atoms with E-state index in [1.165, 1.54) is 0 Å². The van der Waals surface area contributed by atoms with Crippen LogP contribution < -0.4 is 0 Å². The molecule has 0 aliphatic heterocycles. The van der Waals surface area contributed by atoms with Crippen molar-refractivity contribution in [1.29, 1.82) is 0 Å². The SMILES string of the molecule is [C-]#[N+]c1ccc2ccn(Cc3cnc[nH]3)c2c1. The molecular formula is C13H10N4. The quantitative estimate of drug-likeness (QED) is 0.665. The lowest BCUT2D eigenvalue weighted by Crippen LogP contribution is -1.97. The molecule has 17 heavy (non-hydrogen) atoms. The average molecular weight is 222 g/mol. The summed E-state index contributed by atoms with van der Waals surface area (Å²) in [5, 5.41) is 1.15. The molecule has 0 fully saturated rings. The van der Waals surface area contributed by atoms with Gasteiger partial charge in [-0.1, -0.05) is 12.1 Å². The van der Waals surface area contributed by atoms with Crippen molar-refractivity contribution in [2.45, 2.75) is 6.54 Å². The molecule has 0 radical (unpaired) electrons. The van der Waals surface area contributed by atoms with Gasteiger partial charge in [0.25, 0.3) is 0 Å². The summed E-state index contributed by atoms with van der Waals surface area (Å²) in [6.45, 7) is 7.78. The third-order valence-corrected chi connectivity index (χ3v) is 2.78. The molecule has 0 aliphatic rings. The van der Waals surface area contributed by atoms with Gasteiger partial charge in [0.15, 0.2) is 5.69 Å². The third-order valence-electron chi connectivity index (χ3n) is 2.78. The molecule has 0 saturated carbocycles. The highest BCUT2D eigenvalue weighted by Crippen LogP contribution is 2.22. The number of aromatic nitrogens is 3. The fourth-order valence-electron chi connectivity index (χ4n) is 1.93. The fourth-order valence-corrected chi connectivity index (χ4v) is 1.93. The second kappa shape index (κ2) is 3.80. The molecule has 0 saturated heterocycles. The van der Waals surface area contributed by atoms with Crippen molar-refractivity contribution < 1.29 is 0 Å². The van der Waals surface area contributed by atoms with E-state index < -0.39 is 0 Å². The molecule has 4 nitrogen and oxygen atoms in total. The predicted molar refractivity (Wildman–Crippen MR) is 65.9 cm³/mol. The first-order valence-corrected chi connectivity index (χ1v) is 5.30. The average Bonchev–Trinajstić information content (AvgIpc) is 2.99. The summed E-state index contributed by atoms with van der Waals surface area (Å²) in [7, 11) is 0. The summed E-state index contributed by atoms with van der Waals surface area (Å²) in [5.74, 6) is 0. The van der Waals surface area contributed by atoms with Gasteiger partial charge in [0.2, 0.25) is 0 Å². The number of nitrogens with zero attached hydrogens (tertiary/aromatic N) is 3. The van der Waals surface area contributed by atoms with Crippen LogP contribution in [-0.2, 0) is 6.54 Å². The summed E-state index contributed by atoms with van der Waals surface area (Å²) >= 11 is 0. The van der Waals surface area contributed by atoms with Crippen molar-refractivity contribution in [1.82, 2.24) is 14.5 Å². The van der Waals surface area contributed by atoms with Crippen LogP contribution in [0.3, 0.4) is 0 Å². The molecule has 0 bridgehead atoms. The molecule has 1 aromatic carbocycles. The second-order valence-electron chi connectivity index (χ2n) is 3.88. The van der Waals surface area contributed by atoms with Crippen LogP contribution in [0.25, 0.3) is 15.7 Å². The monoisotopic (exact) mass is 222 g/mol. The van der Waals surface area contributed by atoms with Gasteiger partial charge in [0, 0.05) is 17.9 Å². The van der Waals surface area contributed by atoms with E-state index in [2.05, 4.69) is 25.4 Å². The van der Waals surface area contributed by atoms with Crippen LogP contribution in [-0.4, -0.2) is 14.5 Å². The van der Waals surface area contributed by atoms with Gasteiger partial charge in [0.05, 0.1) is 25.1 Å². The van der Waals surface area contributed by atoms with Crippen molar-refractivity contribution in [3.05, 3.63) is 60.1 Å². The van der Waals surface area contributed by atoms with Gasteiger partial charge in [0.1, 0.15) is 0 Å². The minimum Gasteiger partial charge on any atom is -0.347 e. The smallest absolute Gasteiger partial charge is 0.189 e. The molecule has 4 heteroatoms. The molecule has 2 aromatic heterocycles. The minimum atomic E-state index is 0.669. The van der Waals surface area contributed by atoms with E-state index in [0.29, 0.717) is 5.69 Å². The Morgan fingerprint density at radius 3 is 3.06 bits per heavy atom. The second-order valence-corrected chi connectivity index (χ2v) is 3.88. The van der Waals surface area contributed by atoms with Crippen LogP contribution >= 0.6 is 0 Å². The van der Waals surface area contributed by atoms with Crippen molar-refractivity contribution in [2.24, 2.45) is 0 Å². The minimum absolute atomic E-state index is 0.669. The molecule has 0 amide bonds. The largest absolute Gasteiger partial charge is 0.347 e. The summed E-state index contributed by atoms with van der Waals surface area (Å²) in [6.07, 6.45) is 5.51. The van der Waals surface area contributed by atoms with E-state index in [1.807, 2.05) is 30.6 Å². The van der Waals surface area contributed by atoms with Gasteiger partial charge in [-0.25, -0.2) is 9.83 Å². The summed E-state index contributed by atoms with van der Waals surface area (Å²) in [4.78, 5) is 10.5. The lowest BCUT2D eigenvalue weighted by atomic mass is 10.2. The normalized spacial score (nSPS) is 10.5. The highest BCUT2D eigenvalue weighted by atomic mass is 15.0. The van der Waals surface area contributed by atoms with Gasteiger partial charge in [-0.2, -0.15) is 0 Å². The zero-order valence-corrected chi connectivity index (χ0v) is 9.09. The highest BCUT2D eigenvalue weighted by Gasteiger charge is 2.03. The van der Waals surface area contributed by atoms with Gasteiger partial charge in [-0.3, -0.25) is 0 Å². The number of rotatable bonds is 2. The molecule has 0 aliphatic carbocycles. The Morgan fingerprint density at radius 2 is 2.29 bits per heavy atom. The van der Waals surface area contributed by atoms with Crippen molar-refractivity contribution >= 4 is 16.6 Å². The van der Waals surface area contributed by atoms with Gasteiger partial charge >= 0.3 is 0 Å². The van der Waals surface area contributed by atoms with Crippen LogP contribution in [0.4, 0.5) is 5.69 Å². The molecule has 3 aromatic rings. The lowest BCUT2D eigenvalue weighted by Gasteiger charge is -2.03. The first-order chi connectivity index (χ1) is 8.36. The number of fused-ring (bicyclic) bond motifs is 1.